The van der Waals surface area contributed by atoms with Crippen molar-refractivity contribution >= 4 is 11.6 Å². The third-order valence-corrected chi connectivity index (χ3v) is 3.57. The van der Waals surface area contributed by atoms with Gasteiger partial charge in [0.15, 0.2) is 0 Å². The first-order chi connectivity index (χ1) is 7.59. The average Bonchev–Trinajstić information content (AvgIpc) is 2.68. The lowest BCUT2D eigenvalue weighted by atomic mass is 9.92. The van der Waals surface area contributed by atoms with Gasteiger partial charge in [0.2, 0.25) is 0 Å². The molecule has 0 saturated carbocycles. The summed E-state index contributed by atoms with van der Waals surface area (Å²) >= 11 is 0. The molecule has 0 spiro atoms. The summed E-state index contributed by atoms with van der Waals surface area (Å²) in [4.78, 5) is 17.1. The molecule has 0 bridgehead atoms. The Morgan fingerprint density at radius 1 is 1.56 bits per heavy atom. The van der Waals surface area contributed by atoms with Gasteiger partial charge in [-0.1, -0.05) is 6.92 Å². The quantitative estimate of drug-likeness (QED) is 0.760. The van der Waals surface area contributed by atoms with E-state index in [1.165, 1.54) is 6.42 Å². The Labute approximate surface area is 95.8 Å². The van der Waals surface area contributed by atoms with E-state index in [9.17, 15) is 4.79 Å². The molecule has 88 valence electrons. The molecule has 0 aliphatic carbocycles. The maximum atomic E-state index is 12.2. The zero-order valence-electron chi connectivity index (χ0n) is 9.86. The van der Waals surface area contributed by atoms with Gasteiger partial charge in [0.1, 0.15) is 5.69 Å². The molecule has 1 aromatic rings. The Morgan fingerprint density at radius 2 is 2.31 bits per heavy atom. The first-order valence-electron chi connectivity index (χ1n) is 5.84. The minimum absolute atomic E-state index is 0.0655. The number of carbonyl (C=O) groups excluding carboxylic acids is 1. The van der Waals surface area contributed by atoms with Gasteiger partial charge >= 0.3 is 0 Å². The van der Waals surface area contributed by atoms with Crippen LogP contribution in [0.2, 0.25) is 0 Å². The fraction of sp³-hybridized carbons (Fsp3) is 0.583. The lowest BCUT2D eigenvalue weighted by Gasteiger charge is -2.37. The van der Waals surface area contributed by atoms with E-state index in [0.29, 0.717) is 23.3 Å². The third kappa shape index (κ3) is 1.92. The molecule has 16 heavy (non-hydrogen) atoms. The summed E-state index contributed by atoms with van der Waals surface area (Å²) < 4.78 is 0. The summed E-state index contributed by atoms with van der Waals surface area (Å²) in [6, 6.07) is 2.01. The van der Waals surface area contributed by atoms with Crippen molar-refractivity contribution in [2.45, 2.75) is 32.7 Å². The van der Waals surface area contributed by atoms with Gasteiger partial charge in [-0.15, -0.1) is 0 Å². The fourth-order valence-corrected chi connectivity index (χ4v) is 2.31. The van der Waals surface area contributed by atoms with Crippen LogP contribution in [-0.2, 0) is 0 Å². The number of aromatic nitrogens is 1. The van der Waals surface area contributed by atoms with Crippen molar-refractivity contribution in [3.05, 3.63) is 18.0 Å². The molecule has 3 N–H and O–H groups in total. The average molecular weight is 221 g/mol. The Kier molecular flexibility index (Phi) is 2.90. The van der Waals surface area contributed by atoms with E-state index in [1.807, 2.05) is 4.90 Å². The Morgan fingerprint density at radius 3 is 2.94 bits per heavy atom. The monoisotopic (exact) mass is 221 g/mol. The summed E-state index contributed by atoms with van der Waals surface area (Å²) in [6.45, 7) is 5.17. The number of carbonyl (C=O) groups is 1. The topological polar surface area (TPSA) is 62.1 Å². The van der Waals surface area contributed by atoms with Crippen molar-refractivity contribution in [2.24, 2.45) is 5.92 Å². The molecular formula is C12H19N3O. The van der Waals surface area contributed by atoms with E-state index >= 15 is 0 Å². The van der Waals surface area contributed by atoms with Gasteiger partial charge in [0, 0.05) is 24.5 Å². The molecule has 4 nitrogen and oxygen atoms in total. The van der Waals surface area contributed by atoms with Gasteiger partial charge in [0.05, 0.1) is 0 Å². The van der Waals surface area contributed by atoms with Gasteiger partial charge in [-0.05, 0) is 31.7 Å². The number of nitrogens with one attached hydrogen (secondary N) is 1. The highest BCUT2D eigenvalue weighted by Crippen LogP contribution is 2.24. The van der Waals surface area contributed by atoms with Gasteiger partial charge in [0.25, 0.3) is 5.91 Å². The summed E-state index contributed by atoms with van der Waals surface area (Å²) in [6.07, 6.45) is 3.95. The number of likely N-dealkylation sites (tertiary alicyclic amines) is 1. The van der Waals surface area contributed by atoms with Gasteiger partial charge < -0.3 is 15.6 Å². The standard InChI is InChI=1S/C12H19N3O/c1-8-4-3-5-15(9(8)2)12(16)11-6-10(13)7-14-11/h6-9,14H,3-5,13H2,1-2H3. The van der Waals surface area contributed by atoms with Crippen LogP contribution in [-0.4, -0.2) is 28.4 Å². The number of nitrogen functional groups attached to an aromatic ring is 1. The SMILES string of the molecule is CC1CCCN(C(=O)c2cc(N)c[nH]2)C1C. The third-order valence-electron chi connectivity index (χ3n) is 3.57. The molecule has 0 radical (unpaired) electrons. The molecule has 1 aromatic heterocycles. The van der Waals surface area contributed by atoms with E-state index in [2.05, 4.69) is 18.8 Å². The highest BCUT2D eigenvalue weighted by Gasteiger charge is 2.29. The van der Waals surface area contributed by atoms with E-state index in [4.69, 9.17) is 5.73 Å². The highest BCUT2D eigenvalue weighted by molar-refractivity contribution is 5.93. The second-order valence-corrected chi connectivity index (χ2v) is 4.71. The van der Waals surface area contributed by atoms with Crippen LogP contribution < -0.4 is 5.73 Å². The van der Waals surface area contributed by atoms with Crippen molar-refractivity contribution in [3.63, 3.8) is 0 Å². The molecule has 0 aromatic carbocycles. The van der Waals surface area contributed by atoms with Crippen LogP contribution in [0.4, 0.5) is 5.69 Å². The maximum Gasteiger partial charge on any atom is 0.270 e. The molecule has 2 atom stereocenters. The van der Waals surface area contributed by atoms with Crippen LogP contribution in [0.5, 0.6) is 0 Å². The van der Waals surface area contributed by atoms with Crippen molar-refractivity contribution in [1.82, 2.24) is 9.88 Å². The van der Waals surface area contributed by atoms with E-state index in [-0.39, 0.29) is 5.91 Å². The number of rotatable bonds is 1. The number of amides is 1. The number of hydrogen-bond acceptors (Lipinski definition) is 2. The molecule has 1 fully saturated rings. The minimum atomic E-state index is 0.0655. The van der Waals surface area contributed by atoms with Gasteiger partial charge in [-0.25, -0.2) is 0 Å². The summed E-state index contributed by atoms with van der Waals surface area (Å²) in [5.74, 6) is 0.640. The number of piperidine rings is 1. The zero-order chi connectivity index (χ0) is 11.7. The lowest BCUT2D eigenvalue weighted by molar-refractivity contribution is 0.0546. The summed E-state index contributed by atoms with van der Waals surface area (Å²) in [5.41, 5.74) is 6.81. The Bertz CT molecular complexity index is 385. The number of nitrogens with zero attached hydrogens (tertiary/aromatic N) is 1. The molecule has 1 aliphatic rings. The van der Waals surface area contributed by atoms with E-state index in [0.717, 1.165) is 13.0 Å². The molecule has 1 saturated heterocycles. The minimum Gasteiger partial charge on any atom is -0.397 e. The predicted octanol–water partition coefficient (Wildman–Crippen LogP) is 1.86. The fourth-order valence-electron chi connectivity index (χ4n) is 2.31. The first-order valence-corrected chi connectivity index (χ1v) is 5.84. The van der Waals surface area contributed by atoms with Crippen LogP contribution in [0.3, 0.4) is 0 Å². The van der Waals surface area contributed by atoms with Crippen molar-refractivity contribution in [1.29, 1.82) is 0 Å². The van der Waals surface area contributed by atoms with Crippen molar-refractivity contribution < 1.29 is 4.79 Å². The van der Waals surface area contributed by atoms with Crippen LogP contribution in [0.25, 0.3) is 0 Å². The van der Waals surface area contributed by atoms with E-state index < -0.39 is 0 Å². The molecule has 1 amide bonds. The highest BCUT2D eigenvalue weighted by atomic mass is 16.2. The van der Waals surface area contributed by atoms with E-state index in [1.54, 1.807) is 12.3 Å². The smallest absolute Gasteiger partial charge is 0.270 e. The van der Waals surface area contributed by atoms with Crippen molar-refractivity contribution in [3.8, 4) is 0 Å². The number of hydrogen-bond donors (Lipinski definition) is 2. The summed E-state index contributed by atoms with van der Waals surface area (Å²) in [5, 5.41) is 0. The normalized spacial score (nSPS) is 25.8. The lowest BCUT2D eigenvalue weighted by Crippen LogP contribution is -2.46. The number of anilines is 1. The molecule has 1 aliphatic heterocycles. The second kappa shape index (κ2) is 4.20. The Balaban J connectivity index is 2.15. The largest absolute Gasteiger partial charge is 0.397 e. The molecule has 2 heterocycles. The predicted molar refractivity (Wildman–Crippen MR) is 64.1 cm³/mol. The number of nitrogens with two attached hydrogens (primary N) is 1. The van der Waals surface area contributed by atoms with Crippen molar-refractivity contribution in [2.75, 3.05) is 12.3 Å². The molecule has 4 heteroatoms. The van der Waals surface area contributed by atoms with Crippen LogP contribution in [0.15, 0.2) is 12.3 Å². The summed E-state index contributed by atoms with van der Waals surface area (Å²) in [7, 11) is 0. The van der Waals surface area contributed by atoms with Gasteiger partial charge in [-0.3, -0.25) is 4.79 Å². The van der Waals surface area contributed by atoms with Crippen LogP contribution in [0, 0.1) is 5.92 Å². The van der Waals surface area contributed by atoms with Crippen LogP contribution in [0.1, 0.15) is 37.2 Å². The maximum absolute atomic E-state index is 12.2. The molecule has 2 rings (SSSR count). The Hall–Kier alpha value is -1.45. The molecular weight excluding hydrogens is 202 g/mol. The molecule has 2 unspecified atom stereocenters. The zero-order valence-corrected chi connectivity index (χ0v) is 9.86. The number of aromatic amines is 1. The van der Waals surface area contributed by atoms with Gasteiger partial charge in [-0.2, -0.15) is 0 Å². The number of H-pyrrole nitrogens is 1. The first kappa shape index (κ1) is 11.0. The van der Waals surface area contributed by atoms with Crippen LogP contribution >= 0.6 is 0 Å². The second-order valence-electron chi connectivity index (χ2n) is 4.71.